The molecule has 98 valence electrons. The molecule has 0 heterocycles. The zero-order valence-electron chi connectivity index (χ0n) is 10.7. The second-order valence-electron chi connectivity index (χ2n) is 4.87. The van der Waals surface area contributed by atoms with E-state index in [4.69, 9.17) is 10.5 Å². The molecule has 1 aromatic carbocycles. The van der Waals surface area contributed by atoms with E-state index < -0.39 is 0 Å². The normalized spacial score (nSPS) is 14.5. The summed E-state index contributed by atoms with van der Waals surface area (Å²) in [5, 5.41) is 0. The predicted octanol–water partition coefficient (Wildman–Crippen LogP) is 2.93. The zero-order valence-corrected chi connectivity index (χ0v) is 10.7. The van der Waals surface area contributed by atoms with Gasteiger partial charge in [0.25, 0.3) is 0 Å². The fraction of sp³-hybridized carbons (Fsp3) is 0.533. The second kappa shape index (κ2) is 6.55. The van der Waals surface area contributed by atoms with Crippen molar-refractivity contribution in [3.63, 3.8) is 0 Å². The van der Waals surface area contributed by atoms with E-state index in [1.807, 2.05) is 24.3 Å². The average molecular weight is 247 g/mol. The largest absolute Gasteiger partial charge is 0.490 e. The lowest BCUT2D eigenvalue weighted by molar-refractivity contribution is 0.0978. The summed E-state index contributed by atoms with van der Waals surface area (Å²) in [6.07, 6.45) is 6.20. The Labute approximate surface area is 108 Å². The standard InChI is InChI=1S/C15H21NO2/c16-10-3-1-2-7-15(17)12-5-4-6-14(11-12)18-13-8-9-13/h4-6,11,13H,1-3,7-10,16H2. The van der Waals surface area contributed by atoms with E-state index in [1.54, 1.807) is 0 Å². The predicted molar refractivity (Wildman–Crippen MR) is 71.9 cm³/mol. The number of ether oxygens (including phenoxy) is 1. The summed E-state index contributed by atoms with van der Waals surface area (Å²) in [7, 11) is 0. The van der Waals surface area contributed by atoms with E-state index >= 15 is 0 Å². The molecule has 3 nitrogen and oxygen atoms in total. The van der Waals surface area contributed by atoms with Crippen molar-refractivity contribution in [1.82, 2.24) is 0 Å². The minimum atomic E-state index is 0.202. The Morgan fingerprint density at radius 2 is 2.11 bits per heavy atom. The Bertz CT molecular complexity index is 399. The van der Waals surface area contributed by atoms with E-state index in [-0.39, 0.29) is 5.78 Å². The van der Waals surface area contributed by atoms with Gasteiger partial charge < -0.3 is 10.5 Å². The van der Waals surface area contributed by atoms with Crippen LogP contribution in [-0.4, -0.2) is 18.4 Å². The topological polar surface area (TPSA) is 52.3 Å². The Morgan fingerprint density at radius 1 is 1.28 bits per heavy atom. The highest BCUT2D eigenvalue weighted by Crippen LogP contribution is 2.27. The third-order valence-electron chi connectivity index (χ3n) is 3.09. The van der Waals surface area contributed by atoms with Gasteiger partial charge in [-0.3, -0.25) is 4.79 Å². The van der Waals surface area contributed by atoms with Gasteiger partial charge >= 0.3 is 0 Å². The number of hydrogen-bond donors (Lipinski definition) is 1. The highest BCUT2D eigenvalue weighted by molar-refractivity contribution is 5.96. The molecule has 1 aromatic rings. The summed E-state index contributed by atoms with van der Waals surface area (Å²) < 4.78 is 5.69. The highest BCUT2D eigenvalue weighted by atomic mass is 16.5. The van der Waals surface area contributed by atoms with Crippen molar-refractivity contribution < 1.29 is 9.53 Å². The molecule has 0 spiro atoms. The maximum atomic E-state index is 12.0. The van der Waals surface area contributed by atoms with Gasteiger partial charge in [0.05, 0.1) is 6.10 Å². The molecule has 0 unspecified atom stereocenters. The van der Waals surface area contributed by atoms with Gasteiger partial charge in [0.1, 0.15) is 5.75 Å². The number of rotatable bonds is 8. The Hall–Kier alpha value is -1.35. The van der Waals surface area contributed by atoms with Gasteiger partial charge in [-0.15, -0.1) is 0 Å². The minimum absolute atomic E-state index is 0.202. The van der Waals surface area contributed by atoms with Gasteiger partial charge in [0.2, 0.25) is 0 Å². The molecular formula is C15H21NO2. The van der Waals surface area contributed by atoms with Gasteiger partial charge in [-0.1, -0.05) is 18.6 Å². The number of carbonyl (C=O) groups excluding carboxylic acids is 1. The van der Waals surface area contributed by atoms with Crippen molar-refractivity contribution in [2.45, 2.75) is 44.6 Å². The van der Waals surface area contributed by atoms with Gasteiger partial charge in [-0.2, -0.15) is 0 Å². The van der Waals surface area contributed by atoms with Crippen LogP contribution in [0.3, 0.4) is 0 Å². The van der Waals surface area contributed by atoms with Crippen molar-refractivity contribution in [3.05, 3.63) is 29.8 Å². The molecule has 18 heavy (non-hydrogen) atoms. The minimum Gasteiger partial charge on any atom is -0.490 e. The van der Waals surface area contributed by atoms with Gasteiger partial charge in [-0.25, -0.2) is 0 Å². The zero-order chi connectivity index (χ0) is 12.8. The lowest BCUT2D eigenvalue weighted by atomic mass is 10.0. The smallest absolute Gasteiger partial charge is 0.163 e. The van der Waals surface area contributed by atoms with E-state index in [2.05, 4.69) is 0 Å². The number of benzene rings is 1. The first-order chi connectivity index (χ1) is 8.79. The number of ketones is 1. The highest BCUT2D eigenvalue weighted by Gasteiger charge is 2.23. The molecule has 1 aliphatic rings. The van der Waals surface area contributed by atoms with Crippen LogP contribution in [0.5, 0.6) is 5.75 Å². The quantitative estimate of drug-likeness (QED) is 0.567. The van der Waals surface area contributed by atoms with Crippen molar-refractivity contribution in [2.24, 2.45) is 5.73 Å². The molecule has 3 heteroatoms. The number of Topliss-reactive ketones (excluding diaryl/α,β-unsaturated/α-hetero) is 1. The summed E-state index contributed by atoms with van der Waals surface area (Å²) >= 11 is 0. The fourth-order valence-corrected chi connectivity index (χ4v) is 1.87. The second-order valence-corrected chi connectivity index (χ2v) is 4.87. The van der Waals surface area contributed by atoms with Gasteiger partial charge in [0.15, 0.2) is 5.78 Å². The van der Waals surface area contributed by atoms with E-state index in [0.717, 1.165) is 43.4 Å². The Balaban J connectivity index is 1.84. The first-order valence-electron chi connectivity index (χ1n) is 6.79. The SMILES string of the molecule is NCCCCCC(=O)c1cccc(OC2CC2)c1. The fourth-order valence-electron chi connectivity index (χ4n) is 1.87. The molecular weight excluding hydrogens is 226 g/mol. The summed E-state index contributed by atoms with van der Waals surface area (Å²) in [6, 6.07) is 7.54. The Morgan fingerprint density at radius 3 is 2.83 bits per heavy atom. The van der Waals surface area contributed by atoms with E-state index in [0.29, 0.717) is 19.1 Å². The molecule has 0 aliphatic heterocycles. The van der Waals surface area contributed by atoms with E-state index in [1.165, 1.54) is 0 Å². The van der Waals surface area contributed by atoms with Crippen LogP contribution in [0.25, 0.3) is 0 Å². The number of hydrogen-bond acceptors (Lipinski definition) is 3. The summed E-state index contributed by atoms with van der Waals surface area (Å²) in [5.41, 5.74) is 6.19. The van der Waals surface area contributed by atoms with Crippen molar-refractivity contribution in [1.29, 1.82) is 0 Å². The first kappa shape index (κ1) is 13.1. The van der Waals surface area contributed by atoms with Crippen molar-refractivity contribution >= 4 is 5.78 Å². The number of nitrogens with two attached hydrogens (primary N) is 1. The van der Waals surface area contributed by atoms with E-state index in [9.17, 15) is 4.79 Å². The number of carbonyl (C=O) groups is 1. The Kier molecular flexibility index (Phi) is 4.76. The van der Waals surface area contributed by atoms with Gasteiger partial charge in [-0.05, 0) is 44.4 Å². The summed E-state index contributed by atoms with van der Waals surface area (Å²) in [4.78, 5) is 12.0. The molecule has 0 amide bonds. The van der Waals surface area contributed by atoms with Crippen LogP contribution >= 0.6 is 0 Å². The average Bonchev–Trinajstić information content (AvgIpc) is 3.19. The van der Waals surface area contributed by atoms with Crippen LogP contribution in [0, 0.1) is 0 Å². The molecule has 1 saturated carbocycles. The summed E-state index contributed by atoms with van der Waals surface area (Å²) in [6.45, 7) is 0.707. The van der Waals surface area contributed by atoms with Crippen LogP contribution in [0.1, 0.15) is 48.9 Å². The molecule has 0 aromatic heterocycles. The van der Waals surface area contributed by atoms with Crippen molar-refractivity contribution in [2.75, 3.05) is 6.54 Å². The van der Waals surface area contributed by atoms with Gasteiger partial charge in [0, 0.05) is 12.0 Å². The molecule has 0 radical (unpaired) electrons. The number of unbranched alkanes of at least 4 members (excludes halogenated alkanes) is 2. The van der Waals surface area contributed by atoms with Crippen LogP contribution in [0.15, 0.2) is 24.3 Å². The molecule has 0 atom stereocenters. The lowest BCUT2D eigenvalue weighted by Gasteiger charge is -2.06. The van der Waals surface area contributed by atoms with Crippen LogP contribution in [0.4, 0.5) is 0 Å². The monoisotopic (exact) mass is 247 g/mol. The maximum absolute atomic E-state index is 12.0. The van der Waals surface area contributed by atoms with Crippen LogP contribution in [0.2, 0.25) is 0 Å². The lowest BCUT2D eigenvalue weighted by Crippen LogP contribution is -2.02. The van der Waals surface area contributed by atoms with Crippen LogP contribution in [-0.2, 0) is 0 Å². The molecule has 2 rings (SSSR count). The maximum Gasteiger partial charge on any atom is 0.163 e. The molecule has 0 saturated heterocycles. The third-order valence-corrected chi connectivity index (χ3v) is 3.09. The first-order valence-corrected chi connectivity index (χ1v) is 6.79. The molecule has 1 aliphatic carbocycles. The summed E-state index contributed by atoms with van der Waals surface area (Å²) in [5.74, 6) is 1.03. The van der Waals surface area contributed by atoms with Crippen LogP contribution < -0.4 is 10.5 Å². The molecule has 0 bridgehead atoms. The molecule has 1 fully saturated rings. The van der Waals surface area contributed by atoms with Crippen molar-refractivity contribution in [3.8, 4) is 5.75 Å². The molecule has 2 N–H and O–H groups in total. The third kappa shape index (κ3) is 4.15.